The van der Waals surface area contributed by atoms with E-state index in [1.54, 1.807) is 0 Å². The number of nitrogens with zero attached hydrogens (tertiary/aromatic N) is 1. The lowest BCUT2D eigenvalue weighted by Gasteiger charge is -2.25. The second kappa shape index (κ2) is 11.3. The molecule has 2 rings (SSSR count). The van der Waals surface area contributed by atoms with Gasteiger partial charge in [0.2, 0.25) is 5.91 Å². The zero-order valence-electron chi connectivity index (χ0n) is 13.9. The van der Waals surface area contributed by atoms with Gasteiger partial charge >= 0.3 is 0 Å². The van der Waals surface area contributed by atoms with E-state index in [0.29, 0.717) is 18.9 Å². The lowest BCUT2D eigenvalue weighted by atomic mass is 9.93. The Morgan fingerprint density at radius 3 is 2.61 bits per heavy atom. The van der Waals surface area contributed by atoms with Gasteiger partial charge in [-0.15, -0.1) is 19.0 Å². The Bertz CT molecular complexity index is 458. The first kappa shape index (κ1) is 19.7. The van der Waals surface area contributed by atoms with Gasteiger partial charge in [-0.25, -0.2) is 0 Å². The first-order chi connectivity index (χ1) is 10.8. The normalized spacial score (nSPS) is 14.8. The predicted molar refractivity (Wildman–Crippen MR) is 99.0 cm³/mol. The molecule has 3 nitrogen and oxygen atoms in total. The van der Waals surface area contributed by atoms with Crippen molar-refractivity contribution in [3.05, 3.63) is 48.6 Å². The van der Waals surface area contributed by atoms with Gasteiger partial charge in [-0.2, -0.15) is 0 Å². The van der Waals surface area contributed by atoms with Crippen LogP contribution in [0.1, 0.15) is 31.2 Å². The SMILES string of the molecule is C=CCN(CCc1ccccc1)C(=O)CCC1CCNCC1.Cl. The number of amides is 1. The van der Waals surface area contributed by atoms with Crippen molar-refractivity contribution in [1.29, 1.82) is 0 Å². The van der Waals surface area contributed by atoms with Crippen LogP contribution in [0.25, 0.3) is 0 Å². The van der Waals surface area contributed by atoms with Gasteiger partial charge in [0.15, 0.2) is 0 Å². The summed E-state index contributed by atoms with van der Waals surface area (Å²) in [5.41, 5.74) is 1.28. The number of carbonyl (C=O) groups is 1. The standard InChI is InChI=1S/C19H28N2O.ClH/c1-2-15-21(16-12-17-6-4-3-5-7-17)19(22)9-8-18-10-13-20-14-11-18;/h2-7,18,20H,1,8-16H2;1H. The van der Waals surface area contributed by atoms with Crippen molar-refractivity contribution in [2.75, 3.05) is 26.2 Å². The number of hydrogen-bond donors (Lipinski definition) is 1. The largest absolute Gasteiger partial charge is 0.339 e. The monoisotopic (exact) mass is 336 g/mol. The van der Waals surface area contributed by atoms with Gasteiger partial charge in [0.1, 0.15) is 0 Å². The molecule has 0 spiro atoms. The number of halogens is 1. The molecule has 0 aromatic heterocycles. The number of rotatable bonds is 8. The third-order valence-corrected chi connectivity index (χ3v) is 4.44. The Labute approximate surface area is 146 Å². The Morgan fingerprint density at radius 2 is 1.96 bits per heavy atom. The van der Waals surface area contributed by atoms with Crippen LogP contribution in [0.3, 0.4) is 0 Å². The van der Waals surface area contributed by atoms with Crippen LogP contribution in [-0.4, -0.2) is 37.0 Å². The number of carbonyl (C=O) groups excluding carboxylic acids is 1. The average molecular weight is 337 g/mol. The number of benzene rings is 1. The molecule has 128 valence electrons. The molecule has 1 fully saturated rings. The highest BCUT2D eigenvalue weighted by molar-refractivity contribution is 5.85. The fourth-order valence-corrected chi connectivity index (χ4v) is 3.04. The van der Waals surface area contributed by atoms with Crippen LogP contribution in [0.2, 0.25) is 0 Å². The molecule has 1 N–H and O–H groups in total. The summed E-state index contributed by atoms with van der Waals surface area (Å²) in [4.78, 5) is 14.4. The lowest BCUT2D eigenvalue weighted by Crippen LogP contribution is -2.34. The van der Waals surface area contributed by atoms with Gasteiger partial charge in [-0.3, -0.25) is 4.79 Å². The van der Waals surface area contributed by atoms with Crippen LogP contribution in [0.5, 0.6) is 0 Å². The minimum atomic E-state index is 0. The van der Waals surface area contributed by atoms with E-state index < -0.39 is 0 Å². The highest BCUT2D eigenvalue weighted by Gasteiger charge is 2.17. The molecule has 0 bridgehead atoms. The minimum Gasteiger partial charge on any atom is -0.339 e. The molecule has 1 aromatic rings. The van der Waals surface area contributed by atoms with E-state index >= 15 is 0 Å². The second-order valence-electron chi connectivity index (χ2n) is 6.10. The van der Waals surface area contributed by atoms with Crippen molar-refractivity contribution in [1.82, 2.24) is 10.2 Å². The third kappa shape index (κ3) is 7.19. The molecule has 1 heterocycles. The van der Waals surface area contributed by atoms with Crippen LogP contribution < -0.4 is 5.32 Å². The summed E-state index contributed by atoms with van der Waals surface area (Å²) in [5, 5.41) is 3.38. The van der Waals surface area contributed by atoms with Crippen molar-refractivity contribution in [3.63, 3.8) is 0 Å². The average Bonchev–Trinajstić information content (AvgIpc) is 2.58. The highest BCUT2D eigenvalue weighted by Crippen LogP contribution is 2.18. The number of hydrogen-bond acceptors (Lipinski definition) is 2. The molecular formula is C19H29ClN2O. The molecule has 0 atom stereocenters. The predicted octanol–water partition coefficient (Wildman–Crippen LogP) is 3.45. The van der Waals surface area contributed by atoms with E-state index in [9.17, 15) is 4.79 Å². The van der Waals surface area contributed by atoms with Crippen molar-refractivity contribution >= 4 is 18.3 Å². The van der Waals surface area contributed by atoms with E-state index in [2.05, 4.69) is 24.0 Å². The van der Waals surface area contributed by atoms with E-state index in [1.165, 1.54) is 18.4 Å². The molecule has 0 saturated carbocycles. The van der Waals surface area contributed by atoms with Crippen molar-refractivity contribution < 1.29 is 4.79 Å². The molecule has 1 saturated heterocycles. The van der Waals surface area contributed by atoms with E-state index in [1.807, 2.05) is 29.2 Å². The van der Waals surface area contributed by atoms with Gasteiger partial charge in [-0.1, -0.05) is 36.4 Å². The maximum absolute atomic E-state index is 12.5. The van der Waals surface area contributed by atoms with E-state index in [-0.39, 0.29) is 18.3 Å². The molecule has 0 unspecified atom stereocenters. The summed E-state index contributed by atoms with van der Waals surface area (Å²) in [7, 11) is 0. The summed E-state index contributed by atoms with van der Waals surface area (Å²) in [6.07, 6.45) is 6.85. The summed E-state index contributed by atoms with van der Waals surface area (Å²) >= 11 is 0. The van der Waals surface area contributed by atoms with Gasteiger partial charge < -0.3 is 10.2 Å². The van der Waals surface area contributed by atoms with Crippen LogP contribution in [0, 0.1) is 5.92 Å². The molecule has 0 aliphatic carbocycles. The molecule has 4 heteroatoms. The zero-order chi connectivity index (χ0) is 15.6. The molecule has 1 aliphatic heterocycles. The first-order valence-corrected chi connectivity index (χ1v) is 8.43. The summed E-state index contributed by atoms with van der Waals surface area (Å²) in [6, 6.07) is 10.4. The topological polar surface area (TPSA) is 32.3 Å². The second-order valence-corrected chi connectivity index (χ2v) is 6.10. The van der Waals surface area contributed by atoms with E-state index in [0.717, 1.165) is 32.5 Å². The van der Waals surface area contributed by atoms with Crippen LogP contribution >= 0.6 is 12.4 Å². The highest BCUT2D eigenvalue weighted by atomic mass is 35.5. The fraction of sp³-hybridized carbons (Fsp3) is 0.526. The first-order valence-electron chi connectivity index (χ1n) is 8.43. The van der Waals surface area contributed by atoms with Crippen molar-refractivity contribution in [2.24, 2.45) is 5.92 Å². The summed E-state index contributed by atoms with van der Waals surface area (Å²) in [6.45, 7) is 7.42. The van der Waals surface area contributed by atoms with Crippen LogP contribution in [-0.2, 0) is 11.2 Å². The van der Waals surface area contributed by atoms with Gasteiger partial charge in [0, 0.05) is 19.5 Å². The minimum absolute atomic E-state index is 0. The van der Waals surface area contributed by atoms with Crippen LogP contribution in [0.4, 0.5) is 0 Å². The Morgan fingerprint density at radius 1 is 1.26 bits per heavy atom. The quantitative estimate of drug-likeness (QED) is 0.737. The zero-order valence-corrected chi connectivity index (χ0v) is 14.7. The van der Waals surface area contributed by atoms with Gasteiger partial charge in [-0.05, 0) is 50.3 Å². The Kier molecular flexibility index (Phi) is 9.65. The molecule has 1 aliphatic rings. The maximum atomic E-state index is 12.5. The lowest BCUT2D eigenvalue weighted by molar-refractivity contribution is -0.131. The van der Waals surface area contributed by atoms with E-state index in [4.69, 9.17) is 0 Å². The van der Waals surface area contributed by atoms with Gasteiger partial charge in [0.05, 0.1) is 0 Å². The van der Waals surface area contributed by atoms with Crippen LogP contribution in [0.15, 0.2) is 43.0 Å². The number of piperidine rings is 1. The maximum Gasteiger partial charge on any atom is 0.222 e. The Balaban J connectivity index is 0.00000264. The smallest absolute Gasteiger partial charge is 0.222 e. The van der Waals surface area contributed by atoms with Gasteiger partial charge in [0.25, 0.3) is 0 Å². The van der Waals surface area contributed by atoms with Crippen molar-refractivity contribution in [2.45, 2.75) is 32.1 Å². The Hall–Kier alpha value is -1.32. The summed E-state index contributed by atoms with van der Waals surface area (Å²) < 4.78 is 0. The molecule has 23 heavy (non-hydrogen) atoms. The fourth-order valence-electron chi connectivity index (χ4n) is 3.04. The molecular weight excluding hydrogens is 308 g/mol. The third-order valence-electron chi connectivity index (χ3n) is 4.44. The van der Waals surface area contributed by atoms with Crippen molar-refractivity contribution in [3.8, 4) is 0 Å². The number of nitrogens with one attached hydrogen (secondary N) is 1. The molecule has 1 aromatic carbocycles. The molecule has 1 amide bonds. The summed E-state index contributed by atoms with van der Waals surface area (Å²) in [5.74, 6) is 0.985. The molecule has 0 radical (unpaired) electrons.